The fraction of sp³-hybridized carbons (Fsp3) is 0.326. The van der Waals surface area contributed by atoms with Gasteiger partial charge in [-0.1, -0.05) is 91.9 Å². The Hall–Kier alpha value is -6.01. The van der Waals surface area contributed by atoms with Crippen LogP contribution in [-0.2, 0) is 16.1 Å². The molecule has 2 N–H and O–H groups in total. The summed E-state index contributed by atoms with van der Waals surface area (Å²) in [6.45, 7) is 5.37. The first kappa shape index (κ1) is 37.3. The fourth-order valence-corrected chi connectivity index (χ4v) is 7.22. The quantitative estimate of drug-likeness (QED) is 0.120. The van der Waals surface area contributed by atoms with Gasteiger partial charge in [0.25, 0.3) is 0 Å². The number of imidazole rings is 2. The van der Waals surface area contributed by atoms with Crippen LogP contribution < -0.4 is 0 Å². The van der Waals surface area contributed by atoms with Crippen LogP contribution in [0.25, 0.3) is 34.2 Å². The van der Waals surface area contributed by atoms with Crippen molar-refractivity contribution in [2.45, 2.75) is 64.3 Å². The van der Waals surface area contributed by atoms with E-state index in [1.165, 1.54) is 0 Å². The van der Waals surface area contributed by atoms with E-state index in [0.29, 0.717) is 36.3 Å². The molecule has 2 amide bonds. The lowest BCUT2D eigenvalue weighted by atomic mass is 9.97. The number of rotatable bonds is 13. The number of amides is 2. The first-order valence-electron chi connectivity index (χ1n) is 19.0. The smallest absolute Gasteiger partial charge is 0.410 e. The van der Waals surface area contributed by atoms with Gasteiger partial charge in [-0.15, -0.1) is 0 Å². The molecule has 12 nitrogen and oxygen atoms in total. The lowest BCUT2D eigenvalue weighted by Gasteiger charge is -2.38. The van der Waals surface area contributed by atoms with E-state index in [-0.39, 0.29) is 30.6 Å². The summed E-state index contributed by atoms with van der Waals surface area (Å²) in [5, 5.41) is 0. The summed E-state index contributed by atoms with van der Waals surface area (Å²) in [6, 6.07) is 26.8. The van der Waals surface area contributed by atoms with Crippen molar-refractivity contribution in [3.05, 3.63) is 126 Å². The van der Waals surface area contributed by atoms with E-state index in [4.69, 9.17) is 19.1 Å². The number of piperidine rings is 1. The summed E-state index contributed by atoms with van der Waals surface area (Å²) in [7, 11) is 3.91. The van der Waals surface area contributed by atoms with Crippen molar-refractivity contribution in [1.29, 1.82) is 0 Å². The lowest BCUT2D eigenvalue weighted by Crippen LogP contribution is -2.45. The van der Waals surface area contributed by atoms with Gasteiger partial charge in [0, 0.05) is 24.8 Å². The van der Waals surface area contributed by atoms with Crippen molar-refractivity contribution in [2.75, 3.05) is 27.2 Å². The van der Waals surface area contributed by atoms with Gasteiger partial charge in [-0.05, 0) is 63.4 Å². The Bertz CT molecular complexity index is 2160. The van der Waals surface area contributed by atoms with Crippen LogP contribution in [0.15, 0.2) is 108 Å². The highest BCUT2D eigenvalue weighted by Gasteiger charge is 2.35. The van der Waals surface area contributed by atoms with Crippen LogP contribution in [0.3, 0.4) is 0 Å². The van der Waals surface area contributed by atoms with Gasteiger partial charge in [0.1, 0.15) is 30.0 Å². The molecule has 0 spiro atoms. The highest BCUT2D eigenvalue weighted by molar-refractivity contribution is 5.84. The molecule has 3 aromatic heterocycles. The minimum atomic E-state index is -0.396. The lowest BCUT2D eigenvalue weighted by molar-refractivity contribution is -0.140. The molecule has 0 bridgehead atoms. The molecule has 6 aromatic rings. The van der Waals surface area contributed by atoms with E-state index >= 15 is 0 Å². The molecule has 3 atom stereocenters. The van der Waals surface area contributed by atoms with Crippen LogP contribution in [0.5, 0.6) is 0 Å². The number of aromatic amines is 2. The maximum absolute atomic E-state index is 14.0. The Morgan fingerprint density at radius 3 is 2.40 bits per heavy atom. The van der Waals surface area contributed by atoms with Crippen molar-refractivity contribution >= 4 is 12.0 Å². The monoisotopic (exact) mass is 740 g/mol. The van der Waals surface area contributed by atoms with Gasteiger partial charge in [-0.25, -0.2) is 19.7 Å². The van der Waals surface area contributed by atoms with Crippen LogP contribution in [0.2, 0.25) is 0 Å². The molecular weight excluding hydrogens is 693 g/mol. The number of carbonyl (C=O) groups is 2. The molecular formula is C43H48N8O4. The average Bonchev–Trinajstić information content (AvgIpc) is 4.02. The maximum atomic E-state index is 14.0. The summed E-state index contributed by atoms with van der Waals surface area (Å²) in [4.78, 5) is 53.5. The zero-order valence-electron chi connectivity index (χ0n) is 31.8. The number of nitrogens with zero attached hydrogens (tertiary/aromatic N) is 6. The molecule has 0 saturated carbocycles. The highest BCUT2D eigenvalue weighted by atomic mass is 16.6. The van der Waals surface area contributed by atoms with Crippen LogP contribution in [-0.4, -0.2) is 78.8 Å². The van der Waals surface area contributed by atoms with Crippen LogP contribution in [0, 0.1) is 0 Å². The number of hydrogen-bond acceptors (Lipinski definition) is 8. The van der Waals surface area contributed by atoms with Crippen molar-refractivity contribution < 1.29 is 18.7 Å². The zero-order valence-corrected chi connectivity index (χ0v) is 31.8. The molecule has 284 valence electrons. The topological polar surface area (TPSA) is 136 Å². The predicted molar refractivity (Wildman–Crippen MR) is 210 cm³/mol. The van der Waals surface area contributed by atoms with Crippen molar-refractivity contribution in [3.8, 4) is 34.2 Å². The second-order valence-corrected chi connectivity index (χ2v) is 14.2. The number of likely N-dealkylation sites (N-methyl/N-ethyl adjacent to an activating group) is 1. The maximum Gasteiger partial charge on any atom is 0.410 e. The number of benzene rings is 3. The molecule has 1 aliphatic rings. The molecule has 1 saturated heterocycles. The molecule has 0 aliphatic carbocycles. The minimum absolute atomic E-state index is 0.0906. The number of H-pyrrole nitrogens is 2. The molecule has 55 heavy (non-hydrogen) atoms. The third kappa shape index (κ3) is 8.39. The van der Waals surface area contributed by atoms with Crippen molar-refractivity contribution in [1.82, 2.24) is 39.6 Å². The van der Waals surface area contributed by atoms with Gasteiger partial charge in [-0.3, -0.25) is 14.6 Å². The van der Waals surface area contributed by atoms with Gasteiger partial charge in [-0.2, -0.15) is 0 Å². The molecule has 1 aliphatic heterocycles. The van der Waals surface area contributed by atoms with E-state index in [9.17, 15) is 9.59 Å². The first-order valence-corrected chi connectivity index (χ1v) is 19.0. The van der Waals surface area contributed by atoms with Crippen LogP contribution in [0.4, 0.5) is 4.79 Å². The molecule has 12 heteroatoms. The number of hydrogen-bond donors (Lipinski definition) is 2. The Morgan fingerprint density at radius 1 is 0.945 bits per heavy atom. The molecule has 0 radical (unpaired) electrons. The summed E-state index contributed by atoms with van der Waals surface area (Å²) in [6.07, 6.45) is 8.51. The Morgan fingerprint density at radius 2 is 1.67 bits per heavy atom. The average molecular weight is 741 g/mol. The Balaban J connectivity index is 1.01. The minimum Gasteiger partial charge on any atom is -0.445 e. The number of oxazole rings is 1. The van der Waals surface area contributed by atoms with Crippen molar-refractivity contribution in [2.24, 2.45) is 0 Å². The van der Waals surface area contributed by atoms with E-state index in [2.05, 4.69) is 15.0 Å². The normalized spacial score (nSPS) is 15.5. The Kier molecular flexibility index (Phi) is 11.5. The molecule has 3 aromatic carbocycles. The number of nitrogens with one attached hydrogen (secondary N) is 2. The second-order valence-electron chi connectivity index (χ2n) is 14.2. The molecule has 7 rings (SSSR count). The van der Waals surface area contributed by atoms with E-state index < -0.39 is 6.09 Å². The summed E-state index contributed by atoms with van der Waals surface area (Å²) < 4.78 is 11.8. The number of carbonyl (C=O) groups excluding carboxylic acids is 2. The van der Waals surface area contributed by atoms with Crippen molar-refractivity contribution in [3.63, 3.8) is 0 Å². The van der Waals surface area contributed by atoms with Gasteiger partial charge in [0.15, 0.2) is 5.76 Å². The summed E-state index contributed by atoms with van der Waals surface area (Å²) in [5.41, 5.74) is 5.16. The van der Waals surface area contributed by atoms with E-state index in [1.807, 2.05) is 129 Å². The number of aromatic nitrogens is 5. The zero-order chi connectivity index (χ0) is 38.3. The molecule has 1 fully saturated rings. The molecule has 0 unspecified atom stereocenters. The van der Waals surface area contributed by atoms with Crippen LogP contribution >= 0.6 is 0 Å². The standard InChI is InChI=1S/C43H48N8O4/c1-5-23-50(43(53)54-28-30-14-8-6-9-15-30)29(2)39-44-26-35(48-39)41-46-27-37(55-41)32-21-19-31(20-22-32)34-25-45-40(47-34)36-18-12-13-24-51(36)42(52)38(49(3)4)33-16-10-7-11-17-33/h6-11,14-17,19-22,25-27,29,36,38H,5,12-13,18,23-24,28H2,1-4H3,(H,44,48)(H,45,47)/t29-,36-,38+/m0/s1. The molecule has 4 heterocycles. The fourth-order valence-electron chi connectivity index (χ4n) is 7.22. The van der Waals surface area contributed by atoms with Gasteiger partial charge in [0.2, 0.25) is 11.8 Å². The first-order chi connectivity index (χ1) is 26.8. The number of ether oxygens (including phenoxy) is 1. The highest BCUT2D eigenvalue weighted by Crippen LogP contribution is 2.35. The van der Waals surface area contributed by atoms with E-state index in [1.54, 1.807) is 17.3 Å². The van der Waals surface area contributed by atoms with Crippen LogP contribution in [0.1, 0.15) is 80.4 Å². The largest absolute Gasteiger partial charge is 0.445 e. The third-order valence-corrected chi connectivity index (χ3v) is 10.1. The van der Waals surface area contributed by atoms with E-state index in [0.717, 1.165) is 59.5 Å². The third-order valence-electron chi connectivity index (χ3n) is 10.1. The van der Waals surface area contributed by atoms with Gasteiger partial charge < -0.3 is 24.0 Å². The second kappa shape index (κ2) is 17.0. The number of likely N-dealkylation sites (tertiary alicyclic amines) is 1. The summed E-state index contributed by atoms with van der Waals surface area (Å²) >= 11 is 0. The van der Waals surface area contributed by atoms with Gasteiger partial charge >= 0.3 is 6.09 Å². The Labute approximate surface area is 321 Å². The van der Waals surface area contributed by atoms with Gasteiger partial charge in [0.05, 0.1) is 30.2 Å². The SMILES string of the molecule is CCCN(C(=O)OCc1ccccc1)[C@@H](C)c1nc(-c2ncc(-c3ccc(-c4cnc([C@@H]5CCCCN5C(=O)[C@@H](c5ccccc5)N(C)C)[nH]4)cc3)o2)c[nH]1. The predicted octanol–water partition coefficient (Wildman–Crippen LogP) is 8.59. The summed E-state index contributed by atoms with van der Waals surface area (Å²) in [5.74, 6) is 2.47.